The summed E-state index contributed by atoms with van der Waals surface area (Å²) in [5.41, 5.74) is 7.55. The minimum absolute atomic E-state index is 0.138. The fourth-order valence-corrected chi connectivity index (χ4v) is 15.4. The van der Waals surface area contributed by atoms with E-state index < -0.39 is 8.24 Å². The van der Waals surface area contributed by atoms with Crippen molar-refractivity contribution in [2.45, 2.75) is 142 Å². The zero-order valence-corrected chi connectivity index (χ0v) is 27.6. The van der Waals surface area contributed by atoms with E-state index in [0.717, 1.165) is 11.3 Å². The maximum atomic E-state index is 5.78. The Balaban J connectivity index is 1.85. The minimum Gasteiger partial charge on any atom is -0.497 e. The van der Waals surface area contributed by atoms with E-state index in [1.807, 2.05) is 7.11 Å². The fourth-order valence-electron chi connectivity index (χ4n) is 9.50. The fraction of sp³-hybridized carbons (Fsp3) is 0.714. The molecule has 0 saturated heterocycles. The summed E-state index contributed by atoms with van der Waals surface area (Å²) in [6.07, 6.45) is 15.9. The largest absolute Gasteiger partial charge is 0.497 e. The molecule has 2 nitrogen and oxygen atoms in total. The molecular formula is C35H57NOSi. The Hall–Kier alpha value is -1.32. The summed E-state index contributed by atoms with van der Waals surface area (Å²) < 4.78 is 8.75. The number of allylic oxidation sites excluding steroid dienone is 4. The highest BCUT2D eigenvalue weighted by atomic mass is 28.3. The van der Waals surface area contributed by atoms with Crippen molar-refractivity contribution < 1.29 is 4.74 Å². The smallest absolute Gasteiger partial charge is 0.126 e. The van der Waals surface area contributed by atoms with Crippen molar-refractivity contribution >= 4 is 13.8 Å². The Morgan fingerprint density at radius 3 is 2.05 bits per heavy atom. The topological polar surface area (TPSA) is 12.5 Å². The molecule has 212 valence electrons. The highest BCUT2D eigenvalue weighted by Crippen LogP contribution is 2.62. The summed E-state index contributed by atoms with van der Waals surface area (Å²) in [5.74, 6) is 2.36. The van der Waals surface area contributed by atoms with Crippen molar-refractivity contribution in [1.82, 2.24) is 4.57 Å². The van der Waals surface area contributed by atoms with Crippen LogP contribution in [0.1, 0.15) is 118 Å². The van der Waals surface area contributed by atoms with Crippen LogP contribution in [0.2, 0.25) is 18.6 Å². The molecule has 4 rings (SSSR count). The minimum atomic E-state index is -1.77. The molecule has 3 aliphatic rings. The van der Waals surface area contributed by atoms with Gasteiger partial charge >= 0.3 is 0 Å². The summed E-state index contributed by atoms with van der Waals surface area (Å²) in [4.78, 5) is 0. The molecule has 1 saturated carbocycles. The molecule has 0 spiro atoms. The Kier molecular flexibility index (Phi) is 8.26. The summed E-state index contributed by atoms with van der Waals surface area (Å²) in [5, 5.41) is 0. The molecule has 0 N–H and O–H groups in total. The van der Waals surface area contributed by atoms with Gasteiger partial charge in [-0.25, -0.2) is 0 Å². The van der Waals surface area contributed by atoms with Gasteiger partial charge in [-0.3, -0.25) is 0 Å². The lowest BCUT2D eigenvalue weighted by Gasteiger charge is -2.57. The van der Waals surface area contributed by atoms with Crippen LogP contribution in [0.25, 0.3) is 5.57 Å². The number of nitrogens with zero attached hydrogens (tertiary/aromatic N) is 1. The van der Waals surface area contributed by atoms with E-state index >= 15 is 0 Å². The number of unbranched alkanes of at least 4 members (excludes halogenated alkanes) is 2. The molecule has 3 unspecified atom stereocenters. The van der Waals surface area contributed by atoms with E-state index in [2.05, 4.69) is 103 Å². The molecular weight excluding hydrogens is 478 g/mol. The molecule has 0 amide bonds. The Morgan fingerprint density at radius 2 is 1.53 bits per heavy atom. The summed E-state index contributed by atoms with van der Waals surface area (Å²) in [6, 6.07) is 6.96. The van der Waals surface area contributed by atoms with Crippen LogP contribution >= 0.6 is 0 Å². The lowest BCUT2D eigenvalue weighted by Crippen LogP contribution is -2.67. The monoisotopic (exact) mass is 535 g/mol. The number of hydrogen-bond acceptors (Lipinski definition) is 2. The second kappa shape index (κ2) is 10.6. The van der Waals surface area contributed by atoms with Gasteiger partial charge in [-0.2, -0.15) is 0 Å². The average molecular weight is 536 g/mol. The quantitative estimate of drug-likeness (QED) is 0.292. The van der Waals surface area contributed by atoms with E-state index in [1.165, 1.54) is 56.9 Å². The molecule has 0 bridgehead atoms. The molecule has 3 atom stereocenters. The van der Waals surface area contributed by atoms with Crippen LogP contribution in [0.4, 0.5) is 0 Å². The summed E-state index contributed by atoms with van der Waals surface area (Å²) in [6.45, 7) is 24.7. The van der Waals surface area contributed by atoms with E-state index in [0.29, 0.717) is 11.8 Å². The van der Waals surface area contributed by atoms with E-state index in [4.69, 9.17) is 4.74 Å². The molecule has 3 heteroatoms. The SMILES string of the molecule is CCCCC1(CCCC)C2=CC3C(C=C2c2ccc(OC)cc21)CCC3[Si](C)(C)N(C(C)(C)C)C(C)(C)C. The molecule has 1 fully saturated rings. The van der Waals surface area contributed by atoms with Crippen LogP contribution in [-0.2, 0) is 5.41 Å². The molecule has 1 aromatic rings. The van der Waals surface area contributed by atoms with Crippen LogP contribution in [0.15, 0.2) is 35.9 Å². The lowest BCUT2D eigenvalue weighted by atomic mass is 9.68. The molecule has 1 aromatic carbocycles. The first-order chi connectivity index (χ1) is 17.7. The third-order valence-electron chi connectivity index (χ3n) is 10.1. The normalized spacial score (nSPS) is 24.6. The van der Waals surface area contributed by atoms with Crippen LogP contribution in [0, 0.1) is 11.8 Å². The van der Waals surface area contributed by atoms with Crippen molar-refractivity contribution in [1.29, 1.82) is 0 Å². The number of fused-ring (bicyclic) bond motifs is 4. The predicted molar refractivity (Wildman–Crippen MR) is 169 cm³/mol. The number of ether oxygens (including phenoxy) is 1. The number of hydrogen-bond donors (Lipinski definition) is 0. The number of methoxy groups -OCH3 is 1. The van der Waals surface area contributed by atoms with Crippen molar-refractivity contribution in [2.75, 3.05) is 7.11 Å². The second-order valence-electron chi connectivity index (χ2n) is 15.1. The highest BCUT2D eigenvalue weighted by Gasteiger charge is 2.55. The van der Waals surface area contributed by atoms with Crippen LogP contribution < -0.4 is 4.74 Å². The van der Waals surface area contributed by atoms with Gasteiger partial charge in [-0.15, -0.1) is 0 Å². The van der Waals surface area contributed by atoms with E-state index in [-0.39, 0.29) is 16.5 Å². The van der Waals surface area contributed by atoms with Crippen LogP contribution in [0.5, 0.6) is 5.75 Å². The molecule has 0 aromatic heterocycles. The zero-order valence-electron chi connectivity index (χ0n) is 26.6. The highest BCUT2D eigenvalue weighted by molar-refractivity contribution is 6.76. The van der Waals surface area contributed by atoms with Crippen LogP contribution in [0.3, 0.4) is 0 Å². The van der Waals surface area contributed by atoms with Gasteiger partial charge in [0.1, 0.15) is 14.0 Å². The first-order valence-electron chi connectivity index (χ1n) is 15.7. The molecule has 38 heavy (non-hydrogen) atoms. The maximum Gasteiger partial charge on any atom is 0.126 e. The molecule has 0 radical (unpaired) electrons. The standard InChI is InChI=1S/C35H57NOSi/c1-12-14-20-35(21-15-13-2)30-23-26(37-9)17-18-27(30)29-22-25-16-19-32(28(25)24-31(29)35)38(10,11)36(33(3,4)5)34(6,7)8/h17-18,22-25,28,32H,12-16,19-21H2,1-11H3. The van der Waals surface area contributed by atoms with Gasteiger partial charge in [0.2, 0.25) is 0 Å². The summed E-state index contributed by atoms with van der Waals surface area (Å²) in [7, 11) is 0.0445. The van der Waals surface area contributed by atoms with Gasteiger partial charge in [-0.1, -0.05) is 77.3 Å². The number of rotatable bonds is 9. The molecule has 3 aliphatic carbocycles. The third kappa shape index (κ3) is 5.00. The van der Waals surface area contributed by atoms with Crippen molar-refractivity contribution in [3.05, 3.63) is 47.1 Å². The van der Waals surface area contributed by atoms with E-state index in [1.54, 1.807) is 16.7 Å². The van der Waals surface area contributed by atoms with Crippen molar-refractivity contribution in [3.8, 4) is 5.75 Å². The first-order valence-corrected chi connectivity index (χ1v) is 18.7. The van der Waals surface area contributed by atoms with Gasteiger partial charge in [0.25, 0.3) is 0 Å². The van der Waals surface area contributed by atoms with Gasteiger partial charge in [0.15, 0.2) is 0 Å². The predicted octanol–water partition coefficient (Wildman–Crippen LogP) is 10.2. The van der Waals surface area contributed by atoms with Crippen molar-refractivity contribution in [2.24, 2.45) is 11.8 Å². The Labute approximate surface area is 236 Å². The zero-order chi connectivity index (χ0) is 28.1. The van der Waals surface area contributed by atoms with Gasteiger partial charge < -0.3 is 9.30 Å². The molecule has 0 aliphatic heterocycles. The second-order valence-corrected chi connectivity index (χ2v) is 19.6. The van der Waals surface area contributed by atoms with Crippen molar-refractivity contribution in [3.63, 3.8) is 0 Å². The molecule has 0 heterocycles. The van der Waals surface area contributed by atoms with Crippen LogP contribution in [-0.4, -0.2) is 31.0 Å². The summed E-state index contributed by atoms with van der Waals surface area (Å²) >= 11 is 0. The first kappa shape index (κ1) is 29.7. The third-order valence-corrected chi connectivity index (χ3v) is 15.1. The Bertz CT molecular complexity index is 1040. The van der Waals surface area contributed by atoms with Gasteiger partial charge in [-0.05, 0) is 113 Å². The Morgan fingerprint density at radius 1 is 0.921 bits per heavy atom. The van der Waals surface area contributed by atoms with E-state index in [9.17, 15) is 0 Å². The average Bonchev–Trinajstić information content (AvgIpc) is 3.35. The van der Waals surface area contributed by atoms with Gasteiger partial charge in [0, 0.05) is 16.5 Å². The van der Waals surface area contributed by atoms with Gasteiger partial charge in [0.05, 0.1) is 7.11 Å². The maximum absolute atomic E-state index is 5.78. The number of benzene rings is 1. The lowest BCUT2D eigenvalue weighted by molar-refractivity contribution is 0.122.